The fraction of sp³-hybridized carbons (Fsp3) is 0.184. The molecule has 5 nitrogen and oxygen atoms in total. The largest absolute Gasteiger partial charge is 0.508 e. The maximum Gasteiger partial charge on any atom is 0.195 e. The minimum Gasteiger partial charge on any atom is -0.508 e. The first-order valence-electron chi connectivity index (χ1n) is 15.1. The molecule has 1 aliphatic heterocycles. The van der Waals surface area contributed by atoms with Gasteiger partial charge in [0.15, 0.2) is 5.78 Å². The maximum atomic E-state index is 14.3. The van der Waals surface area contributed by atoms with Crippen LogP contribution in [0.25, 0.3) is 42.4 Å². The highest BCUT2D eigenvalue weighted by Crippen LogP contribution is 2.45. The summed E-state index contributed by atoms with van der Waals surface area (Å²) >= 11 is 1.47. The molecule has 1 fully saturated rings. The second kappa shape index (κ2) is 12.2. The first kappa shape index (κ1) is 28.1. The van der Waals surface area contributed by atoms with E-state index < -0.39 is 0 Å². The van der Waals surface area contributed by atoms with Gasteiger partial charge in [-0.25, -0.2) is 0 Å². The number of phenolic OH excluding ortho intramolecular Hbond substituents is 2. The van der Waals surface area contributed by atoms with Gasteiger partial charge in [0.25, 0.3) is 0 Å². The summed E-state index contributed by atoms with van der Waals surface area (Å²) in [6.45, 7) is 3.79. The molecule has 2 N–H and O–H groups in total. The topological polar surface area (TPSA) is 70.0 Å². The molecule has 1 aliphatic rings. The molecule has 0 spiro atoms. The highest BCUT2D eigenvalue weighted by atomic mass is 32.1. The average Bonchev–Trinajstić information content (AvgIpc) is 3.43. The van der Waals surface area contributed by atoms with E-state index >= 15 is 0 Å². The average molecular weight is 600 g/mol. The number of carbonyl (C=O) groups is 1. The Morgan fingerprint density at radius 2 is 1.50 bits per heavy atom. The second-order valence-corrected chi connectivity index (χ2v) is 12.4. The molecule has 220 valence electrons. The monoisotopic (exact) mass is 599 g/mol. The van der Waals surface area contributed by atoms with Crippen LogP contribution in [0.1, 0.15) is 35.2 Å². The molecule has 44 heavy (non-hydrogen) atoms. The van der Waals surface area contributed by atoms with Gasteiger partial charge < -0.3 is 14.9 Å². The first-order valence-corrected chi connectivity index (χ1v) is 15.9. The smallest absolute Gasteiger partial charge is 0.195 e. The van der Waals surface area contributed by atoms with E-state index in [1.807, 2.05) is 54.6 Å². The van der Waals surface area contributed by atoms with Crippen molar-refractivity contribution in [3.63, 3.8) is 0 Å². The number of thiophene rings is 1. The number of phenols is 2. The van der Waals surface area contributed by atoms with Crippen molar-refractivity contribution < 1.29 is 19.7 Å². The molecule has 0 radical (unpaired) electrons. The quantitative estimate of drug-likeness (QED) is 0.171. The van der Waals surface area contributed by atoms with E-state index in [4.69, 9.17) is 4.74 Å². The molecular formula is C38H33NO4S. The zero-order valence-electron chi connectivity index (χ0n) is 24.3. The number of hydrogen-bond acceptors (Lipinski definition) is 6. The van der Waals surface area contributed by atoms with Crippen molar-refractivity contribution in [3.05, 3.63) is 114 Å². The Balaban J connectivity index is 1.25. The van der Waals surface area contributed by atoms with Crippen molar-refractivity contribution in [1.29, 1.82) is 0 Å². The predicted octanol–water partition coefficient (Wildman–Crippen LogP) is 8.90. The molecule has 0 atom stereocenters. The van der Waals surface area contributed by atoms with Gasteiger partial charge >= 0.3 is 0 Å². The van der Waals surface area contributed by atoms with Crippen molar-refractivity contribution in [2.24, 2.45) is 0 Å². The fourth-order valence-electron chi connectivity index (χ4n) is 6.15. The van der Waals surface area contributed by atoms with Gasteiger partial charge in [-0.2, -0.15) is 0 Å². The van der Waals surface area contributed by atoms with E-state index in [9.17, 15) is 15.0 Å². The predicted molar refractivity (Wildman–Crippen MR) is 179 cm³/mol. The number of hydrogen-bond donors (Lipinski definition) is 2. The number of piperidine rings is 1. The van der Waals surface area contributed by atoms with E-state index in [1.54, 1.807) is 24.3 Å². The van der Waals surface area contributed by atoms with E-state index in [0.717, 1.165) is 67.8 Å². The SMILES string of the molecule is O=C(c1ccc(OCCN2CCCCC2)cc1)c1c(-c2ccc(O)cc2-c2ccc3ccccc3c2)sc2cc(O)ccc12. The summed E-state index contributed by atoms with van der Waals surface area (Å²) in [4.78, 5) is 17.5. The molecule has 6 heteroatoms. The van der Waals surface area contributed by atoms with Crippen LogP contribution in [0, 0.1) is 0 Å². The second-order valence-electron chi connectivity index (χ2n) is 11.4. The van der Waals surface area contributed by atoms with Gasteiger partial charge in [-0.1, -0.05) is 42.8 Å². The van der Waals surface area contributed by atoms with Gasteiger partial charge in [0.1, 0.15) is 23.9 Å². The molecule has 0 saturated carbocycles. The third-order valence-electron chi connectivity index (χ3n) is 8.45. The Labute approximate surface area is 260 Å². The van der Waals surface area contributed by atoms with Crippen molar-refractivity contribution in [1.82, 2.24) is 4.90 Å². The van der Waals surface area contributed by atoms with Crippen LogP contribution in [0.2, 0.25) is 0 Å². The number of carbonyl (C=O) groups excluding carboxylic acids is 1. The zero-order chi connectivity index (χ0) is 30.0. The molecule has 0 aliphatic carbocycles. The number of likely N-dealkylation sites (tertiary alicyclic amines) is 1. The standard InChI is InChI=1S/C38H33NO4S/c40-29-12-16-32(34(23-29)28-9-8-25-6-2-3-7-27(25)22-28)38-36(33-17-13-30(41)24-35(33)44-38)37(42)26-10-14-31(15-11-26)43-21-20-39-18-4-1-5-19-39/h2-3,6-17,22-24,40-41H,1,4-5,18-21H2. The van der Waals surface area contributed by atoms with Crippen molar-refractivity contribution in [3.8, 4) is 38.8 Å². The highest BCUT2D eigenvalue weighted by molar-refractivity contribution is 7.23. The van der Waals surface area contributed by atoms with E-state index in [0.29, 0.717) is 17.7 Å². The third kappa shape index (κ3) is 5.66. The van der Waals surface area contributed by atoms with Crippen LogP contribution in [0.4, 0.5) is 0 Å². The van der Waals surface area contributed by atoms with Crippen LogP contribution < -0.4 is 4.74 Å². The van der Waals surface area contributed by atoms with Gasteiger partial charge in [-0.3, -0.25) is 9.69 Å². The summed E-state index contributed by atoms with van der Waals surface area (Å²) in [6.07, 6.45) is 3.82. The first-order chi connectivity index (χ1) is 21.5. The molecule has 7 rings (SSSR count). The Bertz CT molecular complexity index is 1970. The van der Waals surface area contributed by atoms with Crippen LogP contribution in [-0.2, 0) is 0 Å². The molecule has 0 unspecified atom stereocenters. The summed E-state index contributed by atoms with van der Waals surface area (Å²) in [5.74, 6) is 0.945. The van der Waals surface area contributed by atoms with Crippen molar-refractivity contribution in [2.45, 2.75) is 19.3 Å². The summed E-state index contributed by atoms with van der Waals surface area (Å²) < 4.78 is 6.83. The van der Waals surface area contributed by atoms with Crippen LogP contribution in [-0.4, -0.2) is 47.1 Å². The van der Waals surface area contributed by atoms with Crippen LogP contribution >= 0.6 is 11.3 Å². The number of nitrogens with zero attached hydrogens (tertiary/aromatic N) is 1. The summed E-state index contributed by atoms with van der Waals surface area (Å²) in [5, 5.41) is 23.8. The Morgan fingerprint density at radius 3 is 2.32 bits per heavy atom. The van der Waals surface area contributed by atoms with Gasteiger partial charge in [0.2, 0.25) is 0 Å². The summed E-state index contributed by atoms with van der Waals surface area (Å²) in [6, 6.07) is 32.2. The number of benzene rings is 5. The molecule has 6 aromatic rings. The summed E-state index contributed by atoms with van der Waals surface area (Å²) in [5.41, 5.74) is 3.77. The van der Waals surface area contributed by atoms with E-state index in [-0.39, 0.29) is 17.3 Å². The molecule has 1 aromatic heterocycles. The minimum absolute atomic E-state index is 0.102. The number of ether oxygens (including phenoxy) is 1. The van der Waals surface area contributed by atoms with E-state index in [2.05, 4.69) is 29.2 Å². The number of rotatable bonds is 8. The van der Waals surface area contributed by atoms with E-state index in [1.165, 1.54) is 30.6 Å². The molecule has 5 aromatic carbocycles. The van der Waals surface area contributed by atoms with Gasteiger partial charge in [0.05, 0.1) is 0 Å². The van der Waals surface area contributed by atoms with Crippen molar-refractivity contribution >= 4 is 38.0 Å². The number of fused-ring (bicyclic) bond motifs is 2. The number of ketones is 1. The minimum atomic E-state index is -0.102. The highest BCUT2D eigenvalue weighted by Gasteiger charge is 2.24. The van der Waals surface area contributed by atoms with Crippen LogP contribution in [0.15, 0.2) is 103 Å². The molecular weight excluding hydrogens is 566 g/mol. The van der Waals surface area contributed by atoms with Crippen LogP contribution in [0.3, 0.4) is 0 Å². The summed E-state index contributed by atoms with van der Waals surface area (Å²) in [7, 11) is 0. The fourth-order valence-corrected chi connectivity index (χ4v) is 7.42. The number of aromatic hydroxyl groups is 2. The molecule has 2 heterocycles. The third-order valence-corrected chi connectivity index (χ3v) is 9.64. The lowest BCUT2D eigenvalue weighted by molar-refractivity contribution is 0.104. The molecule has 1 saturated heterocycles. The maximum absolute atomic E-state index is 14.3. The normalized spacial score (nSPS) is 13.8. The molecule has 0 bridgehead atoms. The Morgan fingerprint density at radius 1 is 0.750 bits per heavy atom. The van der Waals surface area contributed by atoms with Gasteiger partial charge in [-0.15, -0.1) is 11.3 Å². The van der Waals surface area contributed by atoms with Gasteiger partial charge in [-0.05, 0) is 115 Å². The Kier molecular flexibility index (Phi) is 7.77. The lowest BCUT2D eigenvalue weighted by atomic mass is 9.92. The lowest BCUT2D eigenvalue weighted by Gasteiger charge is -2.26. The van der Waals surface area contributed by atoms with Crippen LogP contribution in [0.5, 0.6) is 17.2 Å². The lowest BCUT2D eigenvalue weighted by Crippen LogP contribution is -2.33. The van der Waals surface area contributed by atoms with Gasteiger partial charge in [0, 0.05) is 38.2 Å². The molecule has 0 amide bonds. The zero-order valence-corrected chi connectivity index (χ0v) is 25.1. The Hall–Kier alpha value is -4.65. The van der Waals surface area contributed by atoms with Crippen molar-refractivity contribution in [2.75, 3.05) is 26.2 Å².